The molecule has 0 atom stereocenters. The number of nitro benzene ring substituents is 1. The molecule has 1 aromatic carbocycles. The second kappa shape index (κ2) is 6.45. The standard InChI is InChI=1S/C8H6N2O3.C2H6/c1-6-4-7(10(12)13)2-3-8(6)9-5-11;1-2/h2-4H,1H3;1-2H3. The Labute approximate surface area is 87.6 Å². The molecule has 0 fully saturated rings. The van der Waals surface area contributed by atoms with E-state index in [1.165, 1.54) is 24.3 Å². The Morgan fingerprint density at radius 2 is 2.00 bits per heavy atom. The fourth-order valence-corrected chi connectivity index (χ4v) is 0.928. The summed E-state index contributed by atoms with van der Waals surface area (Å²) >= 11 is 0. The van der Waals surface area contributed by atoms with E-state index in [0.717, 1.165) is 0 Å². The average molecular weight is 208 g/mol. The molecule has 0 aliphatic carbocycles. The van der Waals surface area contributed by atoms with E-state index >= 15 is 0 Å². The summed E-state index contributed by atoms with van der Waals surface area (Å²) in [5.74, 6) is 0. The summed E-state index contributed by atoms with van der Waals surface area (Å²) in [6.45, 7) is 5.64. The zero-order chi connectivity index (χ0) is 11.8. The molecule has 0 aromatic heterocycles. The first-order chi connectivity index (χ1) is 7.15. The van der Waals surface area contributed by atoms with Gasteiger partial charge in [-0.1, -0.05) is 13.8 Å². The minimum absolute atomic E-state index is 0.0117. The molecule has 0 saturated heterocycles. The molecule has 0 spiro atoms. The highest BCUT2D eigenvalue weighted by molar-refractivity contribution is 5.56. The number of nitrogens with zero attached hydrogens (tertiary/aromatic N) is 2. The van der Waals surface area contributed by atoms with Crippen LogP contribution in [0.4, 0.5) is 11.4 Å². The van der Waals surface area contributed by atoms with Crippen LogP contribution in [0.15, 0.2) is 23.2 Å². The lowest BCUT2D eigenvalue weighted by molar-refractivity contribution is -0.384. The normalized spacial score (nSPS) is 8.20. The van der Waals surface area contributed by atoms with Crippen LogP contribution < -0.4 is 0 Å². The molecule has 0 saturated carbocycles. The topological polar surface area (TPSA) is 72.6 Å². The van der Waals surface area contributed by atoms with E-state index in [9.17, 15) is 14.9 Å². The van der Waals surface area contributed by atoms with Crippen molar-refractivity contribution >= 4 is 17.5 Å². The monoisotopic (exact) mass is 208 g/mol. The van der Waals surface area contributed by atoms with Gasteiger partial charge in [0.2, 0.25) is 6.08 Å². The lowest BCUT2D eigenvalue weighted by Crippen LogP contribution is -1.87. The summed E-state index contributed by atoms with van der Waals surface area (Å²) in [5, 5.41) is 10.3. The van der Waals surface area contributed by atoms with Gasteiger partial charge >= 0.3 is 0 Å². The van der Waals surface area contributed by atoms with Crippen LogP contribution >= 0.6 is 0 Å². The Morgan fingerprint density at radius 1 is 1.40 bits per heavy atom. The molecule has 0 aliphatic rings. The Kier molecular flexibility index (Phi) is 5.59. The number of benzene rings is 1. The first kappa shape index (κ1) is 13.0. The van der Waals surface area contributed by atoms with Gasteiger partial charge in [-0.2, -0.15) is 4.99 Å². The zero-order valence-electron chi connectivity index (χ0n) is 8.85. The molecule has 0 N–H and O–H groups in total. The number of hydrogen-bond acceptors (Lipinski definition) is 4. The molecule has 0 heterocycles. The van der Waals surface area contributed by atoms with Crippen LogP contribution in [0, 0.1) is 17.0 Å². The summed E-state index contributed by atoms with van der Waals surface area (Å²) in [7, 11) is 0. The van der Waals surface area contributed by atoms with Gasteiger partial charge in [-0.05, 0) is 18.6 Å². The van der Waals surface area contributed by atoms with Crippen molar-refractivity contribution in [1.29, 1.82) is 0 Å². The second-order valence-corrected chi connectivity index (χ2v) is 2.43. The van der Waals surface area contributed by atoms with Crippen LogP contribution in [0.5, 0.6) is 0 Å². The van der Waals surface area contributed by atoms with E-state index in [-0.39, 0.29) is 5.69 Å². The Balaban J connectivity index is 0.000000921. The van der Waals surface area contributed by atoms with Crippen LogP contribution in [0.2, 0.25) is 0 Å². The average Bonchev–Trinajstić information content (AvgIpc) is 2.24. The Bertz CT molecular complexity index is 396. The number of nitro groups is 1. The van der Waals surface area contributed by atoms with Crippen molar-refractivity contribution in [2.45, 2.75) is 20.8 Å². The summed E-state index contributed by atoms with van der Waals surface area (Å²) in [6.07, 6.45) is 1.38. The van der Waals surface area contributed by atoms with Gasteiger partial charge in [-0.15, -0.1) is 0 Å². The lowest BCUT2D eigenvalue weighted by atomic mass is 10.2. The molecule has 5 heteroatoms. The van der Waals surface area contributed by atoms with Gasteiger partial charge in [0.05, 0.1) is 10.6 Å². The number of isocyanates is 1. The maximum atomic E-state index is 10.3. The molecule has 0 bridgehead atoms. The highest BCUT2D eigenvalue weighted by Crippen LogP contribution is 2.22. The van der Waals surface area contributed by atoms with Crippen LogP contribution in [0.3, 0.4) is 0 Å². The maximum Gasteiger partial charge on any atom is 0.269 e. The zero-order valence-corrected chi connectivity index (χ0v) is 8.85. The number of hydrogen-bond donors (Lipinski definition) is 0. The van der Waals surface area contributed by atoms with Crippen LogP contribution in [0.25, 0.3) is 0 Å². The quantitative estimate of drug-likeness (QED) is 0.324. The smallest absolute Gasteiger partial charge is 0.258 e. The SMILES string of the molecule is CC.Cc1cc([N+](=O)[O-])ccc1N=C=O. The van der Waals surface area contributed by atoms with Gasteiger partial charge in [0.1, 0.15) is 0 Å². The highest BCUT2D eigenvalue weighted by atomic mass is 16.6. The number of non-ortho nitro benzene ring substituents is 1. The van der Waals surface area contributed by atoms with Crippen LogP contribution in [-0.2, 0) is 4.79 Å². The minimum Gasteiger partial charge on any atom is -0.258 e. The summed E-state index contributed by atoms with van der Waals surface area (Å²) in [4.78, 5) is 23.1. The third-order valence-corrected chi connectivity index (χ3v) is 1.56. The first-order valence-corrected chi connectivity index (χ1v) is 4.48. The summed E-state index contributed by atoms with van der Waals surface area (Å²) < 4.78 is 0. The molecule has 0 aliphatic heterocycles. The Morgan fingerprint density at radius 3 is 2.40 bits per heavy atom. The molecule has 15 heavy (non-hydrogen) atoms. The molecule has 5 nitrogen and oxygen atoms in total. The lowest BCUT2D eigenvalue weighted by Gasteiger charge is -1.96. The van der Waals surface area contributed by atoms with Crippen molar-refractivity contribution in [3.05, 3.63) is 33.9 Å². The van der Waals surface area contributed by atoms with Gasteiger partial charge in [-0.25, -0.2) is 4.79 Å². The van der Waals surface area contributed by atoms with Crippen molar-refractivity contribution in [3.63, 3.8) is 0 Å². The summed E-state index contributed by atoms with van der Waals surface area (Å²) in [6, 6.07) is 4.07. The molecule has 0 unspecified atom stereocenters. The number of aryl methyl sites for hydroxylation is 1. The molecular weight excluding hydrogens is 196 g/mol. The highest BCUT2D eigenvalue weighted by Gasteiger charge is 2.06. The van der Waals surface area contributed by atoms with Crippen molar-refractivity contribution < 1.29 is 9.72 Å². The van der Waals surface area contributed by atoms with E-state index in [4.69, 9.17) is 0 Å². The van der Waals surface area contributed by atoms with Crippen molar-refractivity contribution in [1.82, 2.24) is 0 Å². The fraction of sp³-hybridized carbons (Fsp3) is 0.300. The van der Waals surface area contributed by atoms with Gasteiger partial charge in [-0.3, -0.25) is 10.1 Å². The fourth-order valence-electron chi connectivity index (χ4n) is 0.928. The third-order valence-electron chi connectivity index (χ3n) is 1.56. The molecule has 0 amide bonds. The van der Waals surface area contributed by atoms with Crippen molar-refractivity contribution in [2.75, 3.05) is 0 Å². The van der Waals surface area contributed by atoms with Gasteiger partial charge in [0.25, 0.3) is 5.69 Å². The van der Waals surface area contributed by atoms with Gasteiger partial charge in [0, 0.05) is 12.1 Å². The minimum atomic E-state index is -0.499. The van der Waals surface area contributed by atoms with E-state index in [2.05, 4.69) is 4.99 Å². The number of aliphatic imine (C=N–C) groups is 1. The molecule has 0 radical (unpaired) electrons. The van der Waals surface area contributed by atoms with Gasteiger partial charge in [0.15, 0.2) is 0 Å². The molecule has 80 valence electrons. The molecule has 1 aromatic rings. The Hall–Kier alpha value is -2.00. The predicted octanol–water partition coefficient (Wildman–Crippen LogP) is 2.90. The molecular formula is C10H12N2O3. The van der Waals surface area contributed by atoms with E-state index in [0.29, 0.717) is 11.3 Å². The van der Waals surface area contributed by atoms with Crippen LogP contribution in [0.1, 0.15) is 19.4 Å². The third kappa shape index (κ3) is 3.70. The number of rotatable bonds is 2. The van der Waals surface area contributed by atoms with Gasteiger partial charge < -0.3 is 0 Å². The number of carbonyl (C=O) groups excluding carboxylic acids is 1. The second-order valence-electron chi connectivity index (χ2n) is 2.43. The summed E-state index contributed by atoms with van der Waals surface area (Å²) in [5.41, 5.74) is 0.973. The predicted molar refractivity (Wildman–Crippen MR) is 57.0 cm³/mol. The van der Waals surface area contributed by atoms with E-state index in [1.807, 2.05) is 13.8 Å². The molecule has 1 rings (SSSR count). The first-order valence-electron chi connectivity index (χ1n) is 4.48. The van der Waals surface area contributed by atoms with E-state index in [1.54, 1.807) is 6.92 Å². The van der Waals surface area contributed by atoms with E-state index < -0.39 is 4.92 Å². The van der Waals surface area contributed by atoms with Crippen molar-refractivity contribution in [2.24, 2.45) is 4.99 Å². The van der Waals surface area contributed by atoms with Crippen molar-refractivity contribution in [3.8, 4) is 0 Å². The maximum absolute atomic E-state index is 10.3. The van der Waals surface area contributed by atoms with Crippen LogP contribution in [-0.4, -0.2) is 11.0 Å². The largest absolute Gasteiger partial charge is 0.269 e.